The van der Waals surface area contributed by atoms with E-state index in [0.29, 0.717) is 12.8 Å². The minimum Gasteiger partial charge on any atom is -0.481 e. The summed E-state index contributed by atoms with van der Waals surface area (Å²) < 4.78 is 24.2. The zero-order valence-electron chi connectivity index (χ0n) is 12.0. The normalized spacial score (nSPS) is 26.7. The van der Waals surface area contributed by atoms with Crippen LogP contribution in [0.1, 0.15) is 19.8 Å². The average molecular weight is 306 g/mol. The first-order valence-electron chi connectivity index (χ1n) is 6.56. The van der Waals surface area contributed by atoms with Gasteiger partial charge in [0, 0.05) is 20.6 Å². The number of nitrogens with one attached hydrogen (secondary N) is 1. The number of carbonyl (C=O) groups is 2. The summed E-state index contributed by atoms with van der Waals surface area (Å²) in [7, 11) is -0.502. The lowest BCUT2D eigenvalue weighted by molar-refractivity contribution is -0.146. The molecule has 1 rings (SSSR count). The predicted molar refractivity (Wildman–Crippen MR) is 73.5 cm³/mol. The highest BCUT2D eigenvalue weighted by Crippen LogP contribution is 2.36. The van der Waals surface area contributed by atoms with Gasteiger partial charge in [-0.1, -0.05) is 6.92 Å². The van der Waals surface area contributed by atoms with Crippen molar-refractivity contribution in [3.05, 3.63) is 0 Å². The van der Waals surface area contributed by atoms with Gasteiger partial charge in [0.1, 0.15) is 0 Å². The monoisotopic (exact) mass is 306 g/mol. The third-order valence-corrected chi connectivity index (χ3v) is 5.50. The quantitative estimate of drug-likeness (QED) is 0.703. The smallest absolute Gasteiger partial charge is 0.307 e. The summed E-state index contributed by atoms with van der Waals surface area (Å²) in [5, 5.41) is 11.6. The van der Waals surface area contributed by atoms with E-state index < -0.39 is 27.8 Å². The average Bonchev–Trinajstić information content (AvgIpc) is 2.71. The fraction of sp³-hybridized carbons (Fsp3) is 0.833. The highest BCUT2D eigenvalue weighted by molar-refractivity contribution is 7.89. The van der Waals surface area contributed by atoms with Crippen LogP contribution in [-0.4, -0.2) is 56.1 Å². The molecule has 0 aromatic carbocycles. The molecule has 8 heteroatoms. The van der Waals surface area contributed by atoms with Crippen LogP contribution >= 0.6 is 0 Å². The maximum atomic E-state index is 12.0. The molecule has 0 aliphatic heterocycles. The highest BCUT2D eigenvalue weighted by Gasteiger charge is 2.41. The van der Waals surface area contributed by atoms with Crippen LogP contribution in [0.4, 0.5) is 0 Å². The van der Waals surface area contributed by atoms with E-state index >= 15 is 0 Å². The number of aliphatic carboxylic acids is 1. The van der Waals surface area contributed by atoms with E-state index in [1.54, 1.807) is 0 Å². The van der Waals surface area contributed by atoms with Gasteiger partial charge in [0.25, 0.3) is 0 Å². The molecule has 1 aliphatic carbocycles. The third kappa shape index (κ3) is 4.17. The van der Waals surface area contributed by atoms with Crippen molar-refractivity contribution in [2.75, 3.05) is 26.4 Å². The Hall–Kier alpha value is -1.15. The Labute approximate surface area is 119 Å². The zero-order chi connectivity index (χ0) is 15.5. The number of carbonyl (C=O) groups excluding carboxylic acids is 1. The molecule has 1 aliphatic rings. The topological polar surface area (TPSA) is 104 Å². The molecule has 20 heavy (non-hydrogen) atoms. The van der Waals surface area contributed by atoms with Crippen molar-refractivity contribution in [3.8, 4) is 0 Å². The van der Waals surface area contributed by atoms with E-state index in [2.05, 4.69) is 5.32 Å². The summed E-state index contributed by atoms with van der Waals surface area (Å²) >= 11 is 0. The first-order valence-corrected chi connectivity index (χ1v) is 8.16. The molecule has 1 fully saturated rings. The summed E-state index contributed by atoms with van der Waals surface area (Å²) in [5.41, 5.74) is 0. The maximum Gasteiger partial charge on any atom is 0.307 e. The molecule has 7 nitrogen and oxygen atoms in total. The fourth-order valence-corrected chi connectivity index (χ4v) is 3.20. The van der Waals surface area contributed by atoms with Crippen molar-refractivity contribution in [1.82, 2.24) is 9.62 Å². The standard InChI is InChI=1S/C12H22N2O5S/c1-8-6-9(10(7-8)12(16)17)11(15)13-4-5-20(18,19)14(2)3/h8-10H,4-7H2,1-3H3,(H,13,15)(H,16,17)/t8?,9-,10+/m0/s1. The van der Waals surface area contributed by atoms with Crippen LogP contribution < -0.4 is 5.32 Å². The van der Waals surface area contributed by atoms with Crippen molar-refractivity contribution in [2.45, 2.75) is 19.8 Å². The lowest BCUT2D eigenvalue weighted by atomic mass is 9.95. The minimum absolute atomic E-state index is 0.00341. The van der Waals surface area contributed by atoms with Gasteiger partial charge >= 0.3 is 5.97 Å². The van der Waals surface area contributed by atoms with Crippen LogP contribution in [0.15, 0.2) is 0 Å². The number of amides is 1. The number of nitrogens with zero attached hydrogens (tertiary/aromatic N) is 1. The minimum atomic E-state index is -3.36. The van der Waals surface area contributed by atoms with E-state index in [0.717, 1.165) is 4.31 Å². The Morgan fingerprint density at radius 3 is 2.30 bits per heavy atom. The first kappa shape index (κ1) is 16.9. The molecule has 0 heterocycles. The van der Waals surface area contributed by atoms with Crippen LogP contribution in [0, 0.1) is 17.8 Å². The van der Waals surface area contributed by atoms with E-state index in [1.165, 1.54) is 14.1 Å². The number of hydrogen-bond acceptors (Lipinski definition) is 4. The van der Waals surface area contributed by atoms with Gasteiger partial charge in [-0.05, 0) is 18.8 Å². The number of carboxylic acids is 1. The van der Waals surface area contributed by atoms with E-state index in [9.17, 15) is 18.0 Å². The van der Waals surface area contributed by atoms with E-state index in [-0.39, 0.29) is 24.1 Å². The number of carboxylic acid groups (broad SMARTS) is 1. The predicted octanol–water partition coefficient (Wildman–Crippen LogP) is -0.259. The molecule has 0 saturated heterocycles. The van der Waals surface area contributed by atoms with Crippen molar-refractivity contribution in [1.29, 1.82) is 0 Å². The number of hydrogen-bond donors (Lipinski definition) is 2. The molecule has 1 saturated carbocycles. The van der Waals surface area contributed by atoms with Gasteiger partial charge < -0.3 is 10.4 Å². The molecule has 0 aromatic rings. The second kappa shape index (κ2) is 6.53. The summed E-state index contributed by atoms with van der Waals surface area (Å²) in [6.45, 7) is 1.91. The maximum absolute atomic E-state index is 12.0. The molecule has 0 bridgehead atoms. The summed E-state index contributed by atoms with van der Waals surface area (Å²) in [4.78, 5) is 23.1. The van der Waals surface area contributed by atoms with Gasteiger partial charge in [-0.15, -0.1) is 0 Å². The Morgan fingerprint density at radius 2 is 1.80 bits per heavy atom. The lowest BCUT2D eigenvalue weighted by Gasteiger charge is -2.16. The van der Waals surface area contributed by atoms with Crippen LogP contribution in [0.25, 0.3) is 0 Å². The van der Waals surface area contributed by atoms with Gasteiger partial charge in [0.2, 0.25) is 15.9 Å². The Bertz CT molecular complexity index is 474. The zero-order valence-corrected chi connectivity index (χ0v) is 12.8. The number of sulfonamides is 1. The number of rotatable bonds is 6. The molecule has 0 aromatic heterocycles. The second-order valence-electron chi connectivity index (χ2n) is 5.52. The first-order chi connectivity index (χ1) is 9.15. The van der Waals surface area contributed by atoms with Crippen molar-refractivity contribution in [3.63, 3.8) is 0 Å². The van der Waals surface area contributed by atoms with Crippen molar-refractivity contribution >= 4 is 21.9 Å². The Balaban J connectivity index is 2.53. The molecule has 116 valence electrons. The van der Waals surface area contributed by atoms with Crippen molar-refractivity contribution < 1.29 is 23.1 Å². The van der Waals surface area contributed by atoms with Gasteiger partial charge in [-0.25, -0.2) is 12.7 Å². The molecule has 0 radical (unpaired) electrons. The van der Waals surface area contributed by atoms with Crippen LogP contribution in [0.3, 0.4) is 0 Å². The summed E-state index contributed by atoms with van der Waals surface area (Å²) in [6.07, 6.45) is 1.02. The fourth-order valence-electron chi connectivity index (χ4n) is 2.47. The Kier molecular flexibility index (Phi) is 5.52. The molecule has 1 amide bonds. The van der Waals surface area contributed by atoms with Crippen LogP contribution in [0.5, 0.6) is 0 Å². The summed E-state index contributed by atoms with van der Waals surface area (Å²) in [6, 6.07) is 0. The van der Waals surface area contributed by atoms with Gasteiger partial charge in [0.15, 0.2) is 0 Å². The molecule has 3 atom stereocenters. The molecular formula is C12H22N2O5S. The molecular weight excluding hydrogens is 284 g/mol. The van der Waals surface area contributed by atoms with Gasteiger partial charge in [0.05, 0.1) is 17.6 Å². The van der Waals surface area contributed by atoms with Crippen molar-refractivity contribution in [2.24, 2.45) is 17.8 Å². The molecule has 1 unspecified atom stereocenters. The second-order valence-corrected chi connectivity index (χ2v) is 7.82. The van der Waals surface area contributed by atoms with Gasteiger partial charge in [-0.2, -0.15) is 0 Å². The SMILES string of the molecule is CC1C[C@H](C(=O)NCCS(=O)(=O)N(C)C)[C@H](C(=O)O)C1. The van der Waals surface area contributed by atoms with E-state index in [4.69, 9.17) is 5.11 Å². The molecule has 0 spiro atoms. The van der Waals surface area contributed by atoms with Gasteiger partial charge in [-0.3, -0.25) is 9.59 Å². The summed E-state index contributed by atoms with van der Waals surface area (Å²) in [5.74, 6) is -2.56. The van der Waals surface area contributed by atoms with Crippen LogP contribution in [-0.2, 0) is 19.6 Å². The largest absolute Gasteiger partial charge is 0.481 e. The van der Waals surface area contributed by atoms with E-state index in [1.807, 2.05) is 6.92 Å². The molecule has 2 N–H and O–H groups in total. The lowest BCUT2D eigenvalue weighted by Crippen LogP contribution is -2.39. The van der Waals surface area contributed by atoms with Crippen LogP contribution in [0.2, 0.25) is 0 Å². The Morgan fingerprint density at radius 1 is 1.25 bits per heavy atom. The third-order valence-electron chi connectivity index (χ3n) is 3.67. The highest BCUT2D eigenvalue weighted by atomic mass is 32.2.